The zero-order chi connectivity index (χ0) is 32.3. The Kier molecular flexibility index (Phi) is 9.24. The highest BCUT2D eigenvalue weighted by Gasteiger charge is 2.46. The molecule has 45 heavy (non-hydrogen) atoms. The predicted octanol–water partition coefficient (Wildman–Crippen LogP) is 5.69. The van der Waals surface area contributed by atoms with Crippen molar-refractivity contribution >= 4 is 40.9 Å². The van der Waals surface area contributed by atoms with Crippen LogP contribution in [-0.4, -0.2) is 66.8 Å². The number of benzene rings is 2. The molecule has 1 unspecified atom stereocenters. The Balaban J connectivity index is 1.41. The van der Waals surface area contributed by atoms with Crippen LogP contribution in [0.2, 0.25) is 0 Å². The molecule has 0 spiro atoms. The van der Waals surface area contributed by atoms with Gasteiger partial charge in [0, 0.05) is 17.5 Å². The molecule has 0 bridgehead atoms. The molecular weight excluding hydrogens is 590 g/mol. The van der Waals surface area contributed by atoms with Gasteiger partial charge in [-0.1, -0.05) is 75.5 Å². The Morgan fingerprint density at radius 2 is 1.82 bits per heavy atom. The summed E-state index contributed by atoms with van der Waals surface area (Å²) >= 11 is 1.27. The molecule has 2 heterocycles. The van der Waals surface area contributed by atoms with Crippen LogP contribution in [0.25, 0.3) is 17.2 Å². The first kappa shape index (κ1) is 31.7. The molecule has 2 aliphatic rings. The summed E-state index contributed by atoms with van der Waals surface area (Å²) in [6.45, 7) is 13.5. The maximum atomic E-state index is 14.1. The number of esters is 1. The number of hydrogen-bond donors (Lipinski definition) is 1. The monoisotopic (exact) mass is 627 g/mol. The Bertz CT molecular complexity index is 1670. The number of methoxy groups -OCH3 is 1. The van der Waals surface area contributed by atoms with Gasteiger partial charge in [0.05, 0.1) is 18.5 Å². The number of carbonyl (C=O) groups is 3. The lowest BCUT2D eigenvalue weighted by Gasteiger charge is -2.35. The van der Waals surface area contributed by atoms with Gasteiger partial charge in [0.2, 0.25) is 5.91 Å². The smallest absolute Gasteiger partial charge is 0.328 e. The zero-order valence-corrected chi connectivity index (χ0v) is 26.7. The van der Waals surface area contributed by atoms with Crippen molar-refractivity contribution in [1.29, 1.82) is 0 Å². The van der Waals surface area contributed by atoms with Gasteiger partial charge in [0.25, 0.3) is 5.91 Å². The summed E-state index contributed by atoms with van der Waals surface area (Å²) < 4.78 is 10.8. The first-order valence-electron chi connectivity index (χ1n) is 14.7. The van der Waals surface area contributed by atoms with Crippen LogP contribution in [0.15, 0.2) is 78.3 Å². The summed E-state index contributed by atoms with van der Waals surface area (Å²) in [4.78, 5) is 48.3. The molecule has 1 aliphatic heterocycles. The number of carbonyl (C=O) groups excluding carboxylic acids is 3. The Labute approximate surface area is 267 Å². The van der Waals surface area contributed by atoms with Crippen LogP contribution in [0.1, 0.15) is 53.6 Å². The van der Waals surface area contributed by atoms with E-state index in [1.807, 2.05) is 63.2 Å². The van der Waals surface area contributed by atoms with Crippen LogP contribution in [0.5, 0.6) is 5.75 Å². The summed E-state index contributed by atoms with van der Waals surface area (Å²) in [5.41, 5.74) is 4.45. The van der Waals surface area contributed by atoms with E-state index in [1.165, 1.54) is 23.3 Å². The number of oxime groups is 1. The number of likely N-dealkylation sites (tertiary alicyclic amines) is 1. The molecule has 1 aromatic heterocycles. The van der Waals surface area contributed by atoms with Gasteiger partial charge in [-0.25, -0.2) is 4.79 Å². The number of rotatable bonds is 10. The second kappa shape index (κ2) is 13.1. The topological polar surface area (TPSA) is 107 Å². The van der Waals surface area contributed by atoms with Crippen LogP contribution in [-0.2, 0) is 19.2 Å². The third kappa shape index (κ3) is 6.42. The molecule has 1 N–H and O–H groups in total. The number of nitrogens with one attached hydrogen (secondary N) is 1. The SMILES string of the molecule is C=CCOc1ccc2c(c1)C(=NO[C@@H]1CC(C(=O)OC)N(C(=O)[C@@H](NC(=O)c3sccc3C=C)C(C)(C)C)C1)c1ccccc1-2. The number of hydrogen-bond acceptors (Lipinski definition) is 8. The molecule has 2 amide bonds. The van der Waals surface area contributed by atoms with Gasteiger partial charge >= 0.3 is 5.97 Å². The minimum Gasteiger partial charge on any atom is -0.490 e. The average molecular weight is 628 g/mol. The van der Waals surface area contributed by atoms with E-state index in [0.717, 1.165) is 22.3 Å². The number of nitrogens with zero attached hydrogens (tertiary/aromatic N) is 2. The molecule has 1 saturated heterocycles. The minimum atomic E-state index is -0.926. The molecule has 234 valence electrons. The zero-order valence-electron chi connectivity index (χ0n) is 25.9. The fraction of sp³-hybridized carbons (Fsp3) is 0.314. The lowest BCUT2D eigenvalue weighted by molar-refractivity contribution is -0.152. The quantitative estimate of drug-likeness (QED) is 0.138. The second-order valence-electron chi connectivity index (χ2n) is 12.0. The van der Waals surface area contributed by atoms with E-state index < -0.39 is 35.5 Å². The Morgan fingerprint density at radius 1 is 1.09 bits per heavy atom. The fourth-order valence-corrected chi connectivity index (χ4v) is 6.45. The van der Waals surface area contributed by atoms with Gasteiger partial charge < -0.3 is 24.5 Å². The van der Waals surface area contributed by atoms with Crippen molar-refractivity contribution in [3.05, 3.63) is 94.7 Å². The highest BCUT2D eigenvalue weighted by molar-refractivity contribution is 7.12. The number of amides is 2. The molecule has 1 fully saturated rings. The molecule has 3 atom stereocenters. The lowest BCUT2D eigenvalue weighted by Crippen LogP contribution is -2.56. The van der Waals surface area contributed by atoms with Crippen LogP contribution < -0.4 is 10.1 Å². The molecule has 3 aromatic rings. The molecular formula is C35H37N3O6S. The summed E-state index contributed by atoms with van der Waals surface area (Å²) in [5, 5.41) is 9.31. The van der Waals surface area contributed by atoms with E-state index >= 15 is 0 Å². The molecule has 0 radical (unpaired) electrons. The van der Waals surface area contributed by atoms with E-state index in [9.17, 15) is 14.4 Å². The maximum absolute atomic E-state index is 14.1. The largest absolute Gasteiger partial charge is 0.490 e. The van der Waals surface area contributed by atoms with Crippen molar-refractivity contribution in [2.45, 2.75) is 45.4 Å². The van der Waals surface area contributed by atoms with Crippen molar-refractivity contribution in [3.8, 4) is 16.9 Å². The van der Waals surface area contributed by atoms with Crippen molar-refractivity contribution in [3.63, 3.8) is 0 Å². The predicted molar refractivity (Wildman–Crippen MR) is 175 cm³/mol. The molecule has 10 heteroatoms. The van der Waals surface area contributed by atoms with Crippen LogP contribution >= 0.6 is 11.3 Å². The highest BCUT2D eigenvalue weighted by atomic mass is 32.1. The second-order valence-corrected chi connectivity index (χ2v) is 12.9. The standard InChI is InChI=1S/C35H37N3O6S/c1-7-16-43-22-13-14-25-24-11-9-10-12-26(24)29(27(25)18-22)37-44-23-19-28(34(41)42-6)38(20-23)33(40)31(35(3,4)5)36-32(39)30-21(8-2)15-17-45-30/h7-15,17-18,23,28,31H,1-2,16,19-20H2,3-6H3,(H,36,39)/t23-,28?,31-/m1/s1. The Hall–Kier alpha value is -4.70. The first-order chi connectivity index (χ1) is 21.6. The third-order valence-electron chi connectivity index (χ3n) is 7.91. The van der Waals surface area contributed by atoms with Crippen LogP contribution in [0, 0.1) is 5.41 Å². The van der Waals surface area contributed by atoms with Crippen molar-refractivity contribution < 1.29 is 28.7 Å². The summed E-state index contributed by atoms with van der Waals surface area (Å²) in [6.07, 6.45) is 2.87. The lowest BCUT2D eigenvalue weighted by atomic mass is 9.85. The highest BCUT2D eigenvalue weighted by Crippen LogP contribution is 2.39. The molecule has 0 saturated carbocycles. The molecule has 2 aromatic carbocycles. The van der Waals surface area contributed by atoms with Gasteiger partial charge in [0.1, 0.15) is 36.3 Å². The Morgan fingerprint density at radius 3 is 2.51 bits per heavy atom. The van der Waals surface area contributed by atoms with Gasteiger partial charge in [-0.2, -0.15) is 0 Å². The van der Waals surface area contributed by atoms with Crippen molar-refractivity contribution in [2.75, 3.05) is 20.3 Å². The number of ether oxygens (including phenoxy) is 2. The number of thiophene rings is 1. The maximum Gasteiger partial charge on any atom is 0.328 e. The van der Waals surface area contributed by atoms with E-state index in [1.54, 1.807) is 23.6 Å². The van der Waals surface area contributed by atoms with E-state index in [-0.39, 0.29) is 18.9 Å². The minimum absolute atomic E-state index is 0.0890. The van der Waals surface area contributed by atoms with Crippen LogP contribution in [0.3, 0.4) is 0 Å². The van der Waals surface area contributed by atoms with Gasteiger partial charge in [-0.3, -0.25) is 9.59 Å². The van der Waals surface area contributed by atoms with E-state index in [0.29, 0.717) is 28.5 Å². The van der Waals surface area contributed by atoms with Crippen LogP contribution in [0.4, 0.5) is 0 Å². The average Bonchev–Trinajstić information content (AvgIpc) is 3.76. The summed E-state index contributed by atoms with van der Waals surface area (Å²) in [7, 11) is 1.29. The van der Waals surface area contributed by atoms with E-state index in [4.69, 9.17) is 14.3 Å². The fourth-order valence-electron chi connectivity index (χ4n) is 5.65. The van der Waals surface area contributed by atoms with E-state index in [2.05, 4.69) is 23.6 Å². The molecule has 5 rings (SSSR count). The summed E-state index contributed by atoms with van der Waals surface area (Å²) in [6, 6.07) is 13.7. The molecule has 1 aliphatic carbocycles. The number of fused-ring (bicyclic) bond motifs is 3. The first-order valence-corrected chi connectivity index (χ1v) is 15.6. The third-order valence-corrected chi connectivity index (χ3v) is 8.84. The van der Waals surface area contributed by atoms with Gasteiger partial charge in [-0.05, 0) is 51.8 Å². The van der Waals surface area contributed by atoms with Gasteiger partial charge in [-0.15, -0.1) is 11.3 Å². The summed E-state index contributed by atoms with van der Waals surface area (Å²) in [5.74, 6) is -0.664. The van der Waals surface area contributed by atoms with Crippen molar-refractivity contribution in [1.82, 2.24) is 10.2 Å². The van der Waals surface area contributed by atoms with Crippen molar-refractivity contribution in [2.24, 2.45) is 10.6 Å². The normalized spacial score (nSPS) is 18.5. The molecule has 9 nitrogen and oxygen atoms in total. The van der Waals surface area contributed by atoms with Gasteiger partial charge in [0.15, 0.2) is 0 Å².